The molecule has 0 aliphatic carbocycles. The molecule has 4 rings (SSSR count). The average Bonchev–Trinajstić information content (AvgIpc) is 3.58. The van der Waals surface area contributed by atoms with Gasteiger partial charge in [0.2, 0.25) is 24.4 Å². The number of nitrogens with zero attached hydrogens (tertiary/aromatic N) is 4. The quantitative estimate of drug-likeness (QED) is 0.359. The lowest BCUT2D eigenvalue weighted by atomic mass is 9.84. The molecule has 2 amide bonds. The number of methoxy groups -OCH3 is 1. The highest BCUT2D eigenvalue weighted by molar-refractivity contribution is 5.94. The second-order valence-electron chi connectivity index (χ2n) is 10.9. The van der Waals surface area contributed by atoms with E-state index in [1.807, 2.05) is 60.1 Å². The molecular weight excluding hydrogens is 540 g/mol. The van der Waals surface area contributed by atoms with Gasteiger partial charge in [0.25, 0.3) is 0 Å². The van der Waals surface area contributed by atoms with Gasteiger partial charge in [-0.2, -0.15) is 0 Å². The van der Waals surface area contributed by atoms with Crippen molar-refractivity contribution in [3.05, 3.63) is 42.2 Å². The number of unbranched alkanes of at least 4 members (excludes halogenated alkanes) is 1. The number of aryl methyl sites for hydroxylation is 1. The number of amides is 2. The van der Waals surface area contributed by atoms with E-state index in [2.05, 4.69) is 6.92 Å². The van der Waals surface area contributed by atoms with Crippen molar-refractivity contribution in [2.75, 3.05) is 51.5 Å². The number of likely N-dealkylation sites (tertiary alicyclic amines) is 1. The van der Waals surface area contributed by atoms with Crippen molar-refractivity contribution < 1.29 is 38.3 Å². The number of aliphatic carboxylic acids is 1. The van der Waals surface area contributed by atoms with Gasteiger partial charge in [0.1, 0.15) is 12.7 Å². The number of carboxylic acids is 1. The zero-order chi connectivity index (χ0) is 30.4. The summed E-state index contributed by atoms with van der Waals surface area (Å²) in [6.07, 6.45) is 6.03. The van der Waals surface area contributed by atoms with Gasteiger partial charge in [0.05, 0.1) is 19.6 Å². The molecule has 228 valence electrons. The number of aromatic nitrogens is 1. The van der Waals surface area contributed by atoms with E-state index in [9.17, 15) is 19.5 Å². The van der Waals surface area contributed by atoms with Crippen LogP contribution in [0.25, 0.3) is 0 Å². The van der Waals surface area contributed by atoms with Crippen LogP contribution >= 0.6 is 0 Å². The Bertz CT molecular complexity index is 1290. The largest absolute Gasteiger partial charge is 0.493 e. The standard InChI is InChI=1S/C31H42N4O7/c1-6-8-13-35(23-10-9-12-32(4)17-23)28(37)19-34-18-24(22-15-26(40-5)30-27(16-22)41-20-42-30)29(31(38)39)25(34)11-14-33(7-2)21(3)36/h9-10,12,15-17,24-25,29H,6-8,11,13-14,18-20H2,1-5H3/p+1/t24-,25+,29-/m1/s1. The molecule has 1 N–H and O–H groups in total. The van der Waals surface area contributed by atoms with Crippen LogP contribution < -0.4 is 23.7 Å². The zero-order valence-electron chi connectivity index (χ0n) is 25.2. The lowest BCUT2D eigenvalue weighted by Gasteiger charge is -2.31. The molecule has 0 radical (unpaired) electrons. The van der Waals surface area contributed by atoms with E-state index in [0.717, 1.165) is 24.1 Å². The molecule has 1 fully saturated rings. The summed E-state index contributed by atoms with van der Waals surface area (Å²) < 4.78 is 18.6. The maximum absolute atomic E-state index is 13.9. The first-order chi connectivity index (χ1) is 20.2. The van der Waals surface area contributed by atoms with Crippen molar-refractivity contribution in [1.82, 2.24) is 9.80 Å². The molecule has 11 heteroatoms. The number of anilines is 1. The Hall–Kier alpha value is -3.86. The number of carbonyl (C=O) groups is 3. The molecule has 0 spiro atoms. The molecule has 3 heterocycles. The minimum atomic E-state index is -0.944. The molecule has 3 atom stereocenters. The molecule has 0 saturated carbocycles. The molecule has 2 aromatic rings. The van der Waals surface area contributed by atoms with E-state index >= 15 is 0 Å². The van der Waals surface area contributed by atoms with Crippen LogP contribution in [0, 0.1) is 5.92 Å². The Labute approximate surface area is 247 Å². The minimum Gasteiger partial charge on any atom is -0.493 e. The summed E-state index contributed by atoms with van der Waals surface area (Å²) in [4.78, 5) is 44.5. The smallest absolute Gasteiger partial charge is 0.308 e. The number of carboxylic acid groups (broad SMARTS) is 1. The van der Waals surface area contributed by atoms with Crippen LogP contribution in [0.1, 0.15) is 51.5 Å². The molecule has 0 bridgehead atoms. The van der Waals surface area contributed by atoms with Crippen LogP contribution in [0.5, 0.6) is 17.2 Å². The second kappa shape index (κ2) is 13.9. The van der Waals surface area contributed by atoms with Crippen LogP contribution in [-0.4, -0.2) is 85.4 Å². The summed E-state index contributed by atoms with van der Waals surface area (Å²) in [5.74, 6) is -0.862. The first-order valence-electron chi connectivity index (χ1n) is 14.6. The van der Waals surface area contributed by atoms with Crippen LogP contribution in [0.3, 0.4) is 0 Å². The molecule has 2 aliphatic rings. The second-order valence-corrected chi connectivity index (χ2v) is 10.9. The van der Waals surface area contributed by atoms with Gasteiger partial charge in [0.15, 0.2) is 23.9 Å². The van der Waals surface area contributed by atoms with E-state index in [1.165, 1.54) is 14.0 Å². The Morgan fingerprint density at radius 3 is 2.62 bits per heavy atom. The summed E-state index contributed by atoms with van der Waals surface area (Å²) in [6, 6.07) is 6.98. The predicted molar refractivity (Wildman–Crippen MR) is 156 cm³/mol. The number of hydrogen-bond donors (Lipinski definition) is 1. The zero-order valence-corrected chi connectivity index (χ0v) is 25.2. The third-order valence-corrected chi connectivity index (χ3v) is 8.27. The van der Waals surface area contributed by atoms with Crippen molar-refractivity contribution in [3.8, 4) is 17.2 Å². The maximum Gasteiger partial charge on any atom is 0.308 e. The van der Waals surface area contributed by atoms with Gasteiger partial charge in [-0.25, -0.2) is 4.57 Å². The lowest BCUT2D eigenvalue weighted by molar-refractivity contribution is -0.670. The van der Waals surface area contributed by atoms with Gasteiger partial charge in [-0.15, -0.1) is 0 Å². The van der Waals surface area contributed by atoms with E-state index in [-0.39, 0.29) is 25.2 Å². The fourth-order valence-corrected chi connectivity index (χ4v) is 6.09. The van der Waals surface area contributed by atoms with Crippen molar-refractivity contribution >= 4 is 23.5 Å². The van der Waals surface area contributed by atoms with Crippen LogP contribution in [0.4, 0.5) is 5.69 Å². The number of carbonyl (C=O) groups excluding carboxylic acids is 2. The molecule has 1 saturated heterocycles. The summed E-state index contributed by atoms with van der Waals surface area (Å²) in [5, 5.41) is 10.6. The molecule has 1 aromatic heterocycles. The SMILES string of the molecule is CCCCN(C(=O)CN1C[C@H](c2cc(OC)c3c(c2)OCO3)[C@@H](C(=O)O)[C@@H]1CCN(CC)C(C)=O)c1ccc[n+](C)c1. The molecule has 2 aliphatic heterocycles. The topological polar surface area (TPSA) is 113 Å². The average molecular weight is 584 g/mol. The number of ether oxygens (including phenoxy) is 3. The fourth-order valence-electron chi connectivity index (χ4n) is 6.09. The van der Waals surface area contributed by atoms with Crippen molar-refractivity contribution in [2.45, 2.75) is 52.0 Å². The number of rotatable bonds is 13. The van der Waals surface area contributed by atoms with Gasteiger partial charge in [0, 0.05) is 51.1 Å². The minimum absolute atomic E-state index is 0.0567. The Balaban J connectivity index is 1.69. The van der Waals surface area contributed by atoms with Gasteiger partial charge >= 0.3 is 5.97 Å². The summed E-state index contributed by atoms with van der Waals surface area (Å²) in [5.41, 5.74) is 1.55. The Morgan fingerprint density at radius 1 is 1.19 bits per heavy atom. The molecule has 11 nitrogen and oxygen atoms in total. The molecule has 1 aromatic carbocycles. The number of benzene rings is 1. The normalized spacial score (nSPS) is 19.5. The van der Waals surface area contributed by atoms with Crippen molar-refractivity contribution in [3.63, 3.8) is 0 Å². The molecule has 0 unspecified atom stereocenters. The number of hydrogen-bond acceptors (Lipinski definition) is 7. The highest BCUT2D eigenvalue weighted by Gasteiger charge is 2.48. The summed E-state index contributed by atoms with van der Waals surface area (Å²) in [7, 11) is 3.45. The fraction of sp³-hybridized carbons (Fsp3) is 0.548. The molecule has 42 heavy (non-hydrogen) atoms. The van der Waals surface area contributed by atoms with Crippen LogP contribution in [0.15, 0.2) is 36.7 Å². The highest BCUT2D eigenvalue weighted by atomic mass is 16.7. The van der Waals surface area contributed by atoms with Crippen LogP contribution in [-0.2, 0) is 21.4 Å². The van der Waals surface area contributed by atoms with E-state index < -0.39 is 23.8 Å². The van der Waals surface area contributed by atoms with Gasteiger partial charge in [-0.1, -0.05) is 13.3 Å². The van der Waals surface area contributed by atoms with Crippen molar-refractivity contribution in [1.29, 1.82) is 0 Å². The first kappa shape index (κ1) is 31.1. The number of fused-ring (bicyclic) bond motifs is 1. The van der Waals surface area contributed by atoms with Crippen molar-refractivity contribution in [2.24, 2.45) is 13.0 Å². The third kappa shape index (κ3) is 6.78. The van der Waals surface area contributed by atoms with Gasteiger partial charge in [-0.3, -0.25) is 19.3 Å². The third-order valence-electron chi connectivity index (χ3n) is 8.27. The summed E-state index contributed by atoms with van der Waals surface area (Å²) >= 11 is 0. The monoisotopic (exact) mass is 583 g/mol. The Kier molecular flexibility index (Phi) is 10.3. The highest BCUT2D eigenvalue weighted by Crippen LogP contribution is 2.47. The maximum atomic E-state index is 13.9. The van der Waals surface area contributed by atoms with E-state index in [0.29, 0.717) is 49.8 Å². The summed E-state index contributed by atoms with van der Waals surface area (Å²) in [6.45, 7) is 7.47. The lowest BCUT2D eigenvalue weighted by Crippen LogP contribution is -2.46. The van der Waals surface area contributed by atoms with E-state index in [4.69, 9.17) is 14.2 Å². The van der Waals surface area contributed by atoms with E-state index in [1.54, 1.807) is 9.80 Å². The Morgan fingerprint density at radius 2 is 1.98 bits per heavy atom. The molecular formula is C31H43N4O7+. The predicted octanol–water partition coefficient (Wildman–Crippen LogP) is 2.81. The van der Waals surface area contributed by atoms with Crippen LogP contribution in [0.2, 0.25) is 0 Å². The number of pyridine rings is 1. The first-order valence-corrected chi connectivity index (χ1v) is 14.6. The van der Waals surface area contributed by atoms with Gasteiger partial charge < -0.3 is 29.1 Å². The van der Waals surface area contributed by atoms with Gasteiger partial charge in [-0.05, 0) is 43.5 Å².